The van der Waals surface area contributed by atoms with Gasteiger partial charge < -0.3 is 0 Å². The SMILES string of the molecule is CC(C)C1CS1.Cl. The van der Waals surface area contributed by atoms with Crippen LogP contribution in [0.4, 0.5) is 0 Å². The number of hydrogen-bond donors (Lipinski definition) is 0. The van der Waals surface area contributed by atoms with Crippen molar-refractivity contribution < 1.29 is 0 Å². The molecule has 1 fully saturated rings. The quantitative estimate of drug-likeness (QED) is 0.501. The smallest absolute Gasteiger partial charge is 0.0161 e. The monoisotopic (exact) mass is 138 g/mol. The van der Waals surface area contributed by atoms with Gasteiger partial charge in [0.2, 0.25) is 0 Å². The number of halogens is 1. The zero-order chi connectivity index (χ0) is 4.57. The van der Waals surface area contributed by atoms with Crippen LogP contribution in [-0.2, 0) is 0 Å². The molecule has 0 aromatic rings. The van der Waals surface area contributed by atoms with E-state index in [1.54, 1.807) is 0 Å². The third-order valence-corrected chi connectivity index (χ3v) is 2.37. The Kier molecular flexibility index (Phi) is 3.09. The van der Waals surface area contributed by atoms with Crippen LogP contribution in [0.15, 0.2) is 0 Å². The maximum atomic E-state index is 2.28. The van der Waals surface area contributed by atoms with Gasteiger partial charge in [-0.15, -0.1) is 12.4 Å². The van der Waals surface area contributed by atoms with Crippen molar-refractivity contribution in [2.24, 2.45) is 5.92 Å². The molecule has 2 heteroatoms. The van der Waals surface area contributed by atoms with Gasteiger partial charge in [0.05, 0.1) is 0 Å². The zero-order valence-corrected chi connectivity index (χ0v) is 6.31. The molecular weight excluding hydrogens is 128 g/mol. The van der Waals surface area contributed by atoms with Gasteiger partial charge in [-0.3, -0.25) is 0 Å². The maximum Gasteiger partial charge on any atom is 0.0161 e. The highest BCUT2D eigenvalue weighted by molar-refractivity contribution is 8.06. The Morgan fingerprint density at radius 1 is 1.57 bits per heavy atom. The molecule has 0 nitrogen and oxygen atoms in total. The molecule has 0 radical (unpaired) electrons. The summed E-state index contributed by atoms with van der Waals surface area (Å²) in [5.41, 5.74) is 0. The lowest BCUT2D eigenvalue weighted by Crippen LogP contribution is -1.92. The van der Waals surface area contributed by atoms with Gasteiger partial charge >= 0.3 is 0 Å². The highest BCUT2D eigenvalue weighted by Crippen LogP contribution is 2.35. The summed E-state index contributed by atoms with van der Waals surface area (Å²) < 4.78 is 0. The zero-order valence-electron chi connectivity index (χ0n) is 4.68. The first-order valence-corrected chi connectivity index (χ1v) is 3.47. The van der Waals surface area contributed by atoms with E-state index in [2.05, 4.69) is 25.6 Å². The molecule has 0 N–H and O–H groups in total. The maximum absolute atomic E-state index is 2.28. The topological polar surface area (TPSA) is 0 Å². The lowest BCUT2D eigenvalue weighted by molar-refractivity contribution is 0.681. The Morgan fingerprint density at radius 2 is 2.00 bits per heavy atom. The molecule has 1 aliphatic heterocycles. The third-order valence-electron chi connectivity index (χ3n) is 1.10. The summed E-state index contributed by atoms with van der Waals surface area (Å²) in [6.45, 7) is 4.56. The minimum absolute atomic E-state index is 0. The van der Waals surface area contributed by atoms with Crippen LogP contribution >= 0.6 is 24.2 Å². The van der Waals surface area contributed by atoms with Crippen molar-refractivity contribution in [1.82, 2.24) is 0 Å². The van der Waals surface area contributed by atoms with Crippen LogP contribution in [0.25, 0.3) is 0 Å². The van der Waals surface area contributed by atoms with Gasteiger partial charge in [0, 0.05) is 11.0 Å². The van der Waals surface area contributed by atoms with E-state index in [9.17, 15) is 0 Å². The van der Waals surface area contributed by atoms with Crippen molar-refractivity contribution in [2.75, 3.05) is 5.75 Å². The molecule has 1 saturated heterocycles. The Balaban J connectivity index is 0.000000360. The van der Waals surface area contributed by atoms with Crippen LogP contribution in [-0.4, -0.2) is 11.0 Å². The molecule has 1 heterocycles. The van der Waals surface area contributed by atoms with Crippen LogP contribution in [0, 0.1) is 5.92 Å². The van der Waals surface area contributed by atoms with Gasteiger partial charge in [-0.25, -0.2) is 0 Å². The average Bonchev–Trinajstić information content (AvgIpc) is 2.06. The predicted octanol–water partition coefficient (Wildman–Crippen LogP) is 2.18. The first kappa shape index (κ1) is 7.64. The van der Waals surface area contributed by atoms with E-state index in [-0.39, 0.29) is 12.4 Å². The van der Waals surface area contributed by atoms with Gasteiger partial charge in [-0.1, -0.05) is 13.8 Å². The van der Waals surface area contributed by atoms with Crippen molar-refractivity contribution in [3.63, 3.8) is 0 Å². The lowest BCUT2D eigenvalue weighted by Gasteiger charge is -1.92. The number of rotatable bonds is 1. The molecule has 0 aliphatic carbocycles. The Labute approximate surface area is 55.5 Å². The third kappa shape index (κ3) is 2.45. The van der Waals surface area contributed by atoms with Gasteiger partial charge in [-0.2, -0.15) is 11.8 Å². The number of thioether (sulfide) groups is 1. The summed E-state index contributed by atoms with van der Waals surface area (Å²) in [5.74, 6) is 2.34. The first-order valence-electron chi connectivity index (χ1n) is 2.42. The second-order valence-corrected chi connectivity index (χ2v) is 3.39. The van der Waals surface area contributed by atoms with E-state index < -0.39 is 0 Å². The van der Waals surface area contributed by atoms with Crippen molar-refractivity contribution in [2.45, 2.75) is 19.1 Å². The Morgan fingerprint density at radius 3 is 2.00 bits per heavy atom. The minimum Gasteiger partial charge on any atom is -0.156 e. The Bertz CT molecular complexity index is 50.0. The normalized spacial score (nSPS) is 27.0. The largest absolute Gasteiger partial charge is 0.156 e. The van der Waals surface area contributed by atoms with Crippen molar-refractivity contribution in [3.05, 3.63) is 0 Å². The summed E-state index contributed by atoms with van der Waals surface area (Å²) in [5, 5.41) is 1.02. The first-order chi connectivity index (χ1) is 2.80. The molecule has 0 aromatic carbocycles. The van der Waals surface area contributed by atoms with Crippen LogP contribution < -0.4 is 0 Å². The second kappa shape index (κ2) is 2.83. The van der Waals surface area contributed by atoms with E-state index in [0.717, 1.165) is 11.2 Å². The van der Waals surface area contributed by atoms with Crippen LogP contribution in [0.2, 0.25) is 0 Å². The lowest BCUT2D eigenvalue weighted by atomic mass is 10.2. The molecule has 1 aliphatic rings. The van der Waals surface area contributed by atoms with E-state index in [1.807, 2.05) is 0 Å². The van der Waals surface area contributed by atoms with Crippen molar-refractivity contribution in [3.8, 4) is 0 Å². The van der Waals surface area contributed by atoms with E-state index in [4.69, 9.17) is 0 Å². The highest BCUT2D eigenvalue weighted by Gasteiger charge is 2.25. The van der Waals surface area contributed by atoms with E-state index in [1.165, 1.54) is 5.75 Å². The molecule has 0 aromatic heterocycles. The summed E-state index contributed by atoms with van der Waals surface area (Å²) in [6.07, 6.45) is 0. The van der Waals surface area contributed by atoms with Gasteiger partial charge in [0.1, 0.15) is 0 Å². The predicted molar refractivity (Wildman–Crippen MR) is 38.3 cm³/mol. The molecule has 1 rings (SSSR count). The van der Waals surface area contributed by atoms with Crippen LogP contribution in [0.5, 0.6) is 0 Å². The van der Waals surface area contributed by atoms with Gasteiger partial charge in [0.25, 0.3) is 0 Å². The van der Waals surface area contributed by atoms with Gasteiger partial charge in [-0.05, 0) is 5.92 Å². The fourth-order valence-corrected chi connectivity index (χ4v) is 1.32. The average molecular weight is 139 g/mol. The molecule has 1 unspecified atom stereocenters. The van der Waals surface area contributed by atoms with Gasteiger partial charge in [0.15, 0.2) is 0 Å². The summed E-state index contributed by atoms with van der Waals surface area (Å²) in [4.78, 5) is 0. The molecule has 0 bridgehead atoms. The van der Waals surface area contributed by atoms with Crippen molar-refractivity contribution >= 4 is 24.2 Å². The summed E-state index contributed by atoms with van der Waals surface area (Å²) >= 11 is 2.08. The molecule has 0 spiro atoms. The molecule has 0 amide bonds. The number of hydrogen-bond acceptors (Lipinski definition) is 1. The molecule has 7 heavy (non-hydrogen) atoms. The molecule has 44 valence electrons. The standard InChI is InChI=1S/C5H10S.ClH/c1-4(2)5-3-6-5;/h4-5H,3H2,1-2H3;1H. The molecule has 1 atom stereocenters. The van der Waals surface area contributed by atoms with E-state index in [0.29, 0.717) is 0 Å². The highest BCUT2D eigenvalue weighted by atomic mass is 35.5. The van der Waals surface area contributed by atoms with Crippen molar-refractivity contribution in [1.29, 1.82) is 0 Å². The molecule has 0 saturated carbocycles. The minimum atomic E-state index is 0. The Hall–Kier alpha value is 0.640. The summed E-state index contributed by atoms with van der Waals surface area (Å²) in [7, 11) is 0. The van der Waals surface area contributed by atoms with Crippen LogP contribution in [0.1, 0.15) is 13.8 Å². The second-order valence-electron chi connectivity index (χ2n) is 2.12. The fourth-order valence-electron chi connectivity index (χ4n) is 0.440. The fraction of sp³-hybridized carbons (Fsp3) is 1.00. The molecular formula is C5H11ClS. The van der Waals surface area contributed by atoms with E-state index >= 15 is 0 Å². The van der Waals surface area contributed by atoms with Crippen LogP contribution in [0.3, 0.4) is 0 Å². The summed E-state index contributed by atoms with van der Waals surface area (Å²) in [6, 6.07) is 0.